The Bertz CT molecular complexity index is 700. The minimum absolute atomic E-state index is 0.0689. The summed E-state index contributed by atoms with van der Waals surface area (Å²) in [6, 6.07) is 17.6. The first-order chi connectivity index (χ1) is 8.34. The van der Waals surface area contributed by atoms with Crippen molar-refractivity contribution in [3.05, 3.63) is 65.0 Å². The summed E-state index contributed by atoms with van der Waals surface area (Å²) >= 11 is 2.95. The minimum Gasteiger partial charge on any atom is -0.267 e. The lowest BCUT2D eigenvalue weighted by molar-refractivity contribution is 1.32. The molecule has 2 aromatic carbocycles. The predicted octanol–water partition coefficient (Wildman–Crippen LogP) is 3.62. The molecule has 0 spiro atoms. The molecule has 1 heterocycles. The van der Waals surface area contributed by atoms with Gasteiger partial charge in [-0.15, -0.1) is 0 Å². The van der Waals surface area contributed by atoms with E-state index < -0.39 is 0 Å². The quantitative estimate of drug-likeness (QED) is 0.701. The molecule has 3 rings (SSSR count). The van der Waals surface area contributed by atoms with E-state index in [-0.39, 0.29) is 5.56 Å². The van der Waals surface area contributed by atoms with Crippen molar-refractivity contribution < 1.29 is 0 Å². The van der Waals surface area contributed by atoms with Crippen molar-refractivity contribution in [1.82, 2.24) is 3.36 Å². The molecule has 0 bridgehead atoms. The van der Waals surface area contributed by atoms with Crippen LogP contribution >= 0.6 is 23.5 Å². The fourth-order valence-corrected chi connectivity index (χ4v) is 3.64. The summed E-state index contributed by atoms with van der Waals surface area (Å²) in [6.45, 7) is 0. The minimum atomic E-state index is 0.0689. The highest BCUT2D eigenvalue weighted by Gasteiger charge is 2.07. The van der Waals surface area contributed by atoms with Crippen LogP contribution in [-0.2, 0) is 0 Å². The second-order valence-corrected chi connectivity index (χ2v) is 5.79. The summed E-state index contributed by atoms with van der Waals surface area (Å²) < 4.78 is 2.75. The van der Waals surface area contributed by atoms with Gasteiger partial charge in [0.05, 0.1) is 10.1 Å². The maximum absolute atomic E-state index is 12.1. The summed E-state index contributed by atoms with van der Waals surface area (Å²) in [5, 5.41) is 0.793. The molecule has 0 fully saturated rings. The Morgan fingerprint density at radius 3 is 2.41 bits per heavy atom. The Morgan fingerprint density at radius 1 is 0.941 bits per heavy atom. The van der Waals surface area contributed by atoms with Gasteiger partial charge in [-0.05, 0) is 35.8 Å². The van der Waals surface area contributed by atoms with Crippen molar-refractivity contribution in [2.24, 2.45) is 0 Å². The van der Waals surface area contributed by atoms with Gasteiger partial charge in [-0.1, -0.05) is 30.3 Å². The molecule has 0 aliphatic heterocycles. The number of benzene rings is 2. The summed E-state index contributed by atoms with van der Waals surface area (Å²) in [4.78, 5) is 13.2. The van der Waals surface area contributed by atoms with Crippen LogP contribution in [0.4, 0.5) is 0 Å². The molecule has 0 saturated heterocycles. The molecular formula is C13H9NOS2. The van der Waals surface area contributed by atoms with Gasteiger partial charge in [0.15, 0.2) is 0 Å². The summed E-state index contributed by atoms with van der Waals surface area (Å²) in [6.07, 6.45) is 0. The zero-order valence-electron chi connectivity index (χ0n) is 8.87. The summed E-state index contributed by atoms with van der Waals surface area (Å²) in [5.74, 6) is 0. The van der Waals surface area contributed by atoms with Crippen LogP contribution in [0.3, 0.4) is 0 Å². The highest BCUT2D eigenvalue weighted by Crippen LogP contribution is 2.25. The molecule has 0 amide bonds. The Balaban J connectivity index is 2.07. The van der Waals surface area contributed by atoms with Crippen molar-refractivity contribution in [1.29, 1.82) is 0 Å². The maximum atomic E-state index is 12.1. The van der Waals surface area contributed by atoms with Crippen molar-refractivity contribution >= 4 is 33.6 Å². The molecule has 0 saturated carbocycles. The highest BCUT2D eigenvalue weighted by molar-refractivity contribution is 7.99. The standard InChI is InChI=1S/C13H9NOS2/c15-13-11-8-4-5-9-12(11)17-14(13)16-10-6-2-1-3-7-10/h1-9H. The zero-order valence-corrected chi connectivity index (χ0v) is 10.5. The van der Waals surface area contributed by atoms with Crippen LogP contribution in [0, 0.1) is 0 Å². The Kier molecular flexibility index (Phi) is 2.74. The molecule has 1 aromatic heterocycles. The van der Waals surface area contributed by atoms with Crippen LogP contribution in [0.1, 0.15) is 0 Å². The molecule has 84 valence electrons. The lowest BCUT2D eigenvalue weighted by atomic mass is 10.3. The largest absolute Gasteiger partial charge is 0.279 e. The number of fused-ring (bicyclic) bond motifs is 1. The van der Waals surface area contributed by atoms with E-state index in [1.807, 2.05) is 54.6 Å². The number of nitrogens with zero attached hydrogens (tertiary/aromatic N) is 1. The van der Waals surface area contributed by atoms with Gasteiger partial charge >= 0.3 is 0 Å². The van der Waals surface area contributed by atoms with Crippen LogP contribution in [0.5, 0.6) is 0 Å². The second-order valence-electron chi connectivity index (χ2n) is 3.55. The van der Waals surface area contributed by atoms with Gasteiger partial charge in [-0.3, -0.25) is 4.79 Å². The van der Waals surface area contributed by atoms with Gasteiger partial charge in [0, 0.05) is 16.8 Å². The van der Waals surface area contributed by atoms with Crippen molar-refractivity contribution in [3.63, 3.8) is 0 Å². The highest BCUT2D eigenvalue weighted by atomic mass is 32.2. The van der Waals surface area contributed by atoms with Gasteiger partial charge in [0.1, 0.15) is 0 Å². The van der Waals surface area contributed by atoms with Gasteiger partial charge in [0.2, 0.25) is 0 Å². The molecule has 17 heavy (non-hydrogen) atoms. The van der Waals surface area contributed by atoms with Crippen molar-refractivity contribution in [2.75, 3.05) is 0 Å². The lowest BCUT2D eigenvalue weighted by Gasteiger charge is -1.97. The monoisotopic (exact) mass is 259 g/mol. The molecule has 0 atom stereocenters. The van der Waals surface area contributed by atoms with Crippen LogP contribution in [0.15, 0.2) is 64.3 Å². The van der Waals surface area contributed by atoms with Gasteiger partial charge in [0.25, 0.3) is 5.56 Å². The van der Waals surface area contributed by atoms with Gasteiger partial charge < -0.3 is 0 Å². The Labute approximate surface area is 107 Å². The molecule has 2 nitrogen and oxygen atoms in total. The first-order valence-electron chi connectivity index (χ1n) is 5.19. The molecule has 3 aromatic rings. The Morgan fingerprint density at radius 2 is 1.65 bits per heavy atom. The first kappa shape index (κ1) is 10.6. The average Bonchev–Trinajstić information content (AvgIpc) is 2.68. The Hall–Kier alpha value is -1.52. The number of aromatic nitrogens is 1. The molecule has 0 radical (unpaired) electrons. The van der Waals surface area contributed by atoms with Crippen LogP contribution in [-0.4, -0.2) is 3.36 Å². The van der Waals surface area contributed by atoms with E-state index in [0.29, 0.717) is 0 Å². The first-order valence-corrected chi connectivity index (χ1v) is 6.74. The normalized spacial score (nSPS) is 10.8. The summed E-state index contributed by atoms with van der Waals surface area (Å²) in [7, 11) is 0. The number of hydrogen-bond donors (Lipinski definition) is 0. The third kappa shape index (κ3) is 2.01. The van der Waals surface area contributed by atoms with E-state index in [1.165, 1.54) is 23.5 Å². The maximum Gasteiger partial charge on any atom is 0.279 e. The van der Waals surface area contributed by atoms with E-state index in [2.05, 4.69) is 0 Å². The second kappa shape index (κ2) is 4.39. The average molecular weight is 259 g/mol. The zero-order chi connectivity index (χ0) is 11.7. The molecule has 0 aliphatic rings. The van der Waals surface area contributed by atoms with Crippen LogP contribution in [0.25, 0.3) is 10.1 Å². The fourth-order valence-electron chi connectivity index (χ4n) is 1.59. The van der Waals surface area contributed by atoms with Crippen molar-refractivity contribution in [2.45, 2.75) is 4.90 Å². The molecular weight excluding hydrogens is 250 g/mol. The van der Waals surface area contributed by atoms with Gasteiger partial charge in [-0.2, -0.15) is 3.36 Å². The molecule has 0 N–H and O–H groups in total. The van der Waals surface area contributed by atoms with Crippen LogP contribution in [0.2, 0.25) is 0 Å². The smallest absolute Gasteiger partial charge is 0.267 e. The van der Waals surface area contributed by atoms with E-state index in [9.17, 15) is 4.79 Å². The van der Waals surface area contributed by atoms with E-state index in [4.69, 9.17) is 0 Å². The fraction of sp³-hybridized carbons (Fsp3) is 0. The summed E-state index contributed by atoms with van der Waals surface area (Å²) in [5.41, 5.74) is 0.0689. The lowest BCUT2D eigenvalue weighted by Crippen LogP contribution is -2.06. The SMILES string of the molecule is O=c1c2ccccc2sn1Sc1ccccc1. The predicted molar refractivity (Wildman–Crippen MR) is 73.8 cm³/mol. The van der Waals surface area contributed by atoms with E-state index >= 15 is 0 Å². The van der Waals surface area contributed by atoms with E-state index in [0.717, 1.165) is 15.0 Å². The number of hydrogen-bond acceptors (Lipinski definition) is 3. The van der Waals surface area contributed by atoms with Crippen LogP contribution < -0.4 is 5.56 Å². The molecule has 4 heteroatoms. The van der Waals surface area contributed by atoms with E-state index in [1.54, 1.807) is 3.36 Å². The number of rotatable bonds is 2. The van der Waals surface area contributed by atoms with Crippen molar-refractivity contribution in [3.8, 4) is 0 Å². The topological polar surface area (TPSA) is 22.0 Å². The van der Waals surface area contributed by atoms with Gasteiger partial charge in [-0.25, -0.2) is 0 Å². The molecule has 0 unspecified atom stereocenters. The third-order valence-corrected chi connectivity index (χ3v) is 4.54. The molecule has 0 aliphatic carbocycles. The third-order valence-electron chi connectivity index (χ3n) is 2.40.